The molecule has 0 aliphatic rings. The normalized spacial score (nSPS) is 12.7. The molecule has 0 aliphatic carbocycles. The van der Waals surface area contributed by atoms with Crippen LogP contribution in [0.3, 0.4) is 0 Å². The first-order valence-corrected chi connectivity index (χ1v) is 6.84. The van der Waals surface area contributed by atoms with Crippen LogP contribution >= 0.6 is 0 Å². The molecule has 1 aromatic rings. The third-order valence-electron chi connectivity index (χ3n) is 2.41. The fourth-order valence-corrected chi connectivity index (χ4v) is 2.28. The van der Waals surface area contributed by atoms with Gasteiger partial charge in [-0.15, -0.1) is 0 Å². The molecule has 0 saturated carbocycles. The van der Waals surface area contributed by atoms with Crippen molar-refractivity contribution < 1.29 is 17.2 Å². The highest BCUT2D eigenvalue weighted by Crippen LogP contribution is 2.27. The summed E-state index contributed by atoms with van der Waals surface area (Å²) < 4.78 is 49.9. The first kappa shape index (κ1) is 14.1. The number of benzene rings is 1. The standard InChI is InChI=1S/C11H15F2NO2S/c1-3-17(15,16)10-6-4-9(5-7-10)11(12,13)8-14-2/h4-7,14H,3,8H2,1-2H3. The Kier molecular flexibility index (Phi) is 4.21. The van der Waals surface area contributed by atoms with Crippen molar-refractivity contribution in [2.24, 2.45) is 0 Å². The minimum Gasteiger partial charge on any atom is -0.314 e. The van der Waals surface area contributed by atoms with Crippen LogP contribution in [0, 0.1) is 0 Å². The lowest BCUT2D eigenvalue weighted by molar-refractivity contribution is -0.00130. The molecule has 1 aromatic carbocycles. The largest absolute Gasteiger partial charge is 0.314 e. The predicted molar refractivity (Wildman–Crippen MR) is 62.0 cm³/mol. The predicted octanol–water partition coefficient (Wildman–Crippen LogP) is 1.79. The molecule has 0 spiro atoms. The third-order valence-corrected chi connectivity index (χ3v) is 4.17. The summed E-state index contributed by atoms with van der Waals surface area (Å²) in [6.07, 6.45) is 0. The van der Waals surface area contributed by atoms with E-state index in [1.54, 1.807) is 0 Å². The molecule has 3 nitrogen and oxygen atoms in total. The van der Waals surface area contributed by atoms with E-state index in [9.17, 15) is 17.2 Å². The van der Waals surface area contributed by atoms with E-state index in [1.807, 2.05) is 0 Å². The number of alkyl halides is 2. The molecular weight excluding hydrogens is 248 g/mol. The Labute approximate surface area is 99.8 Å². The van der Waals surface area contributed by atoms with E-state index in [0.29, 0.717) is 0 Å². The second-order valence-corrected chi connectivity index (χ2v) is 5.94. The van der Waals surface area contributed by atoms with Crippen molar-refractivity contribution in [1.82, 2.24) is 5.32 Å². The number of halogens is 2. The second-order valence-electron chi connectivity index (χ2n) is 3.66. The second kappa shape index (κ2) is 5.10. The van der Waals surface area contributed by atoms with Gasteiger partial charge in [0.1, 0.15) is 0 Å². The molecule has 0 atom stereocenters. The summed E-state index contributed by atoms with van der Waals surface area (Å²) in [5.74, 6) is -3.04. The van der Waals surface area contributed by atoms with Gasteiger partial charge in [0.2, 0.25) is 0 Å². The molecule has 0 aliphatic heterocycles. The van der Waals surface area contributed by atoms with Gasteiger partial charge >= 0.3 is 0 Å². The monoisotopic (exact) mass is 263 g/mol. The first-order chi connectivity index (χ1) is 7.83. The molecule has 0 aromatic heterocycles. The summed E-state index contributed by atoms with van der Waals surface area (Å²) in [4.78, 5) is 0.0732. The topological polar surface area (TPSA) is 46.2 Å². The minimum atomic E-state index is -3.33. The van der Waals surface area contributed by atoms with Crippen molar-refractivity contribution in [3.8, 4) is 0 Å². The third kappa shape index (κ3) is 3.23. The molecule has 1 rings (SSSR count). The first-order valence-electron chi connectivity index (χ1n) is 5.19. The van der Waals surface area contributed by atoms with Crippen molar-refractivity contribution >= 4 is 9.84 Å². The van der Waals surface area contributed by atoms with E-state index in [0.717, 1.165) is 12.1 Å². The molecule has 0 unspecified atom stereocenters. The van der Waals surface area contributed by atoms with Gasteiger partial charge in [0.15, 0.2) is 9.84 Å². The lowest BCUT2D eigenvalue weighted by Gasteiger charge is -2.16. The molecule has 0 bridgehead atoms. The summed E-state index contributed by atoms with van der Waals surface area (Å²) in [7, 11) is -1.90. The molecular formula is C11H15F2NO2S. The van der Waals surface area contributed by atoms with Crippen molar-refractivity contribution in [2.75, 3.05) is 19.3 Å². The zero-order valence-electron chi connectivity index (χ0n) is 9.70. The van der Waals surface area contributed by atoms with Gasteiger partial charge in [-0.2, -0.15) is 8.78 Å². The van der Waals surface area contributed by atoms with Crippen LogP contribution in [0.4, 0.5) is 8.78 Å². The molecule has 0 fully saturated rings. The lowest BCUT2D eigenvalue weighted by Crippen LogP contribution is -2.28. The average molecular weight is 263 g/mol. The maximum Gasteiger partial charge on any atom is 0.285 e. The number of hydrogen-bond donors (Lipinski definition) is 1. The van der Waals surface area contributed by atoms with Crippen LogP contribution in [0.5, 0.6) is 0 Å². The van der Waals surface area contributed by atoms with Gasteiger partial charge in [-0.1, -0.05) is 19.1 Å². The van der Waals surface area contributed by atoms with Crippen LogP contribution in [-0.4, -0.2) is 27.8 Å². The van der Waals surface area contributed by atoms with Crippen molar-refractivity contribution in [1.29, 1.82) is 0 Å². The Morgan fingerprint density at radius 2 is 1.76 bits per heavy atom. The van der Waals surface area contributed by atoms with Crippen molar-refractivity contribution in [3.05, 3.63) is 29.8 Å². The minimum absolute atomic E-state index is 0.0424. The molecule has 17 heavy (non-hydrogen) atoms. The zero-order valence-corrected chi connectivity index (χ0v) is 10.5. The van der Waals surface area contributed by atoms with Crippen molar-refractivity contribution in [3.63, 3.8) is 0 Å². The quantitative estimate of drug-likeness (QED) is 0.881. The fraction of sp³-hybridized carbons (Fsp3) is 0.455. The Morgan fingerprint density at radius 1 is 1.24 bits per heavy atom. The van der Waals surface area contributed by atoms with Crippen LogP contribution in [0.2, 0.25) is 0 Å². The number of likely N-dealkylation sites (N-methyl/N-ethyl adjacent to an activating group) is 1. The van der Waals surface area contributed by atoms with Crippen LogP contribution in [-0.2, 0) is 15.8 Å². The summed E-state index contributed by atoms with van der Waals surface area (Å²) in [5.41, 5.74) is -0.193. The van der Waals surface area contributed by atoms with Crippen LogP contribution in [0.15, 0.2) is 29.2 Å². The van der Waals surface area contributed by atoms with Gasteiger partial charge in [-0.05, 0) is 19.2 Å². The van der Waals surface area contributed by atoms with E-state index in [4.69, 9.17) is 0 Å². The maximum atomic E-state index is 13.5. The number of rotatable bonds is 5. The highest BCUT2D eigenvalue weighted by atomic mass is 32.2. The van der Waals surface area contributed by atoms with Gasteiger partial charge in [0.05, 0.1) is 17.2 Å². The van der Waals surface area contributed by atoms with E-state index >= 15 is 0 Å². The summed E-state index contributed by atoms with van der Waals surface area (Å²) in [6.45, 7) is 1.03. The maximum absolute atomic E-state index is 13.5. The lowest BCUT2D eigenvalue weighted by atomic mass is 10.1. The Bertz CT molecular complexity index is 469. The Balaban J connectivity index is 3.04. The summed E-state index contributed by atoms with van der Waals surface area (Å²) in [5, 5.41) is 2.39. The summed E-state index contributed by atoms with van der Waals surface area (Å²) >= 11 is 0. The number of nitrogens with one attached hydrogen (secondary N) is 1. The van der Waals surface area contributed by atoms with Gasteiger partial charge in [0, 0.05) is 5.56 Å². The highest BCUT2D eigenvalue weighted by molar-refractivity contribution is 7.91. The molecule has 0 amide bonds. The van der Waals surface area contributed by atoms with Crippen molar-refractivity contribution in [2.45, 2.75) is 17.7 Å². The van der Waals surface area contributed by atoms with E-state index in [-0.39, 0.29) is 16.2 Å². The smallest absolute Gasteiger partial charge is 0.285 e. The average Bonchev–Trinajstić information content (AvgIpc) is 2.29. The Morgan fingerprint density at radius 3 is 2.18 bits per heavy atom. The van der Waals surface area contributed by atoms with Gasteiger partial charge < -0.3 is 5.32 Å². The Hall–Kier alpha value is -1.01. The van der Waals surface area contributed by atoms with Crippen LogP contribution in [0.1, 0.15) is 12.5 Å². The SMILES string of the molecule is CCS(=O)(=O)c1ccc(C(F)(F)CNC)cc1. The van der Waals surface area contributed by atoms with E-state index < -0.39 is 22.3 Å². The molecule has 6 heteroatoms. The molecule has 0 saturated heterocycles. The molecule has 0 heterocycles. The van der Waals surface area contributed by atoms with Crippen LogP contribution in [0.25, 0.3) is 0 Å². The van der Waals surface area contributed by atoms with Gasteiger partial charge in [-0.25, -0.2) is 8.42 Å². The highest BCUT2D eigenvalue weighted by Gasteiger charge is 2.30. The number of sulfone groups is 1. The number of hydrogen-bond acceptors (Lipinski definition) is 3. The zero-order chi connectivity index (χ0) is 13.1. The fourth-order valence-electron chi connectivity index (χ4n) is 1.40. The van der Waals surface area contributed by atoms with Gasteiger partial charge in [-0.3, -0.25) is 0 Å². The van der Waals surface area contributed by atoms with E-state index in [1.165, 1.54) is 26.1 Å². The molecule has 96 valence electrons. The summed E-state index contributed by atoms with van der Waals surface area (Å²) in [6, 6.07) is 4.75. The van der Waals surface area contributed by atoms with Crippen LogP contribution < -0.4 is 5.32 Å². The molecule has 1 N–H and O–H groups in total. The van der Waals surface area contributed by atoms with Gasteiger partial charge in [0.25, 0.3) is 5.92 Å². The molecule has 0 radical (unpaired) electrons. The van der Waals surface area contributed by atoms with E-state index in [2.05, 4.69) is 5.32 Å².